The lowest BCUT2D eigenvalue weighted by Crippen LogP contribution is -2.55. The van der Waals surface area contributed by atoms with Crippen molar-refractivity contribution >= 4 is 29.6 Å². The maximum absolute atomic E-state index is 11.9. The fourth-order valence-corrected chi connectivity index (χ4v) is 1.42. The molecule has 0 rings (SSSR count). The number of carboxylic acids is 1. The summed E-state index contributed by atoms with van der Waals surface area (Å²) in [5.74, 6) is -4.72. The number of hydrogen-bond donors (Lipinski definition) is 7. The summed E-state index contributed by atoms with van der Waals surface area (Å²) in [4.78, 5) is 56.5. The van der Waals surface area contributed by atoms with Gasteiger partial charge in [0.1, 0.15) is 18.1 Å². The van der Waals surface area contributed by atoms with Gasteiger partial charge in [0.05, 0.1) is 19.6 Å². The number of carboxylic acid groups (broad SMARTS) is 1. The first-order valence-electron chi connectivity index (χ1n) is 6.83. The number of aliphatic carboxylic acids is 1. The van der Waals surface area contributed by atoms with Gasteiger partial charge in [0, 0.05) is 0 Å². The van der Waals surface area contributed by atoms with Gasteiger partial charge >= 0.3 is 5.97 Å². The van der Waals surface area contributed by atoms with Crippen LogP contribution in [0.2, 0.25) is 0 Å². The Labute approximate surface area is 136 Å². The molecule has 4 amide bonds. The fourth-order valence-electron chi connectivity index (χ4n) is 1.42. The number of carbonyl (C=O) groups is 5. The van der Waals surface area contributed by atoms with Gasteiger partial charge in [0.25, 0.3) is 0 Å². The molecule has 0 aromatic carbocycles. The summed E-state index contributed by atoms with van der Waals surface area (Å²) in [6.45, 7) is -0.0195. The molecule has 24 heavy (non-hydrogen) atoms. The summed E-state index contributed by atoms with van der Waals surface area (Å²) in [6, 6.07) is -3.84. The van der Waals surface area contributed by atoms with Crippen molar-refractivity contribution in [2.24, 2.45) is 11.5 Å². The number of hydrogen-bond acceptors (Lipinski definition) is 7. The second kappa shape index (κ2) is 10.1. The molecule has 0 saturated heterocycles. The molecule has 0 spiro atoms. The third kappa shape index (κ3) is 8.05. The molecule has 12 nitrogen and oxygen atoms in total. The summed E-state index contributed by atoms with van der Waals surface area (Å²) in [5.41, 5.74) is 10.2. The van der Waals surface area contributed by atoms with Gasteiger partial charge in [-0.2, -0.15) is 0 Å². The van der Waals surface area contributed by atoms with Crippen molar-refractivity contribution in [2.45, 2.75) is 31.5 Å². The van der Waals surface area contributed by atoms with Crippen LogP contribution in [0.15, 0.2) is 0 Å². The number of aliphatic hydroxyl groups excluding tert-OH is 1. The van der Waals surface area contributed by atoms with Crippen LogP contribution in [-0.2, 0) is 24.0 Å². The molecule has 0 aliphatic rings. The highest BCUT2D eigenvalue weighted by Crippen LogP contribution is 1.94. The minimum atomic E-state index is -1.39. The van der Waals surface area contributed by atoms with Crippen molar-refractivity contribution < 1.29 is 34.2 Å². The lowest BCUT2D eigenvalue weighted by molar-refractivity contribution is -0.141. The Bertz CT molecular complexity index is 510. The van der Waals surface area contributed by atoms with E-state index in [4.69, 9.17) is 21.7 Å². The smallest absolute Gasteiger partial charge is 0.325 e. The van der Waals surface area contributed by atoms with Crippen molar-refractivity contribution in [2.75, 3.05) is 13.2 Å². The molecule has 136 valence electrons. The standard InChI is InChI=1S/C12H21N5O7/c1-5(12(23)24)16-9(20)3-15-11(22)7(2-8(14)19)17-10(21)6(13)4-18/h5-7,18H,2-4,13H2,1H3,(H2,14,19)(H,15,22)(H,16,20)(H,17,21)(H,23,24). The van der Waals surface area contributed by atoms with Crippen molar-refractivity contribution in [3.05, 3.63) is 0 Å². The minimum Gasteiger partial charge on any atom is -0.480 e. The van der Waals surface area contributed by atoms with Crippen LogP contribution >= 0.6 is 0 Å². The van der Waals surface area contributed by atoms with Crippen LogP contribution in [0.3, 0.4) is 0 Å². The summed E-state index contributed by atoms with van der Waals surface area (Å²) in [7, 11) is 0. The Kier molecular flexibility index (Phi) is 8.97. The zero-order chi connectivity index (χ0) is 18.9. The molecule has 0 heterocycles. The van der Waals surface area contributed by atoms with Crippen LogP contribution in [0.4, 0.5) is 0 Å². The van der Waals surface area contributed by atoms with E-state index in [2.05, 4.69) is 16.0 Å². The second-order valence-electron chi connectivity index (χ2n) is 4.87. The van der Waals surface area contributed by atoms with E-state index in [0.717, 1.165) is 0 Å². The number of aliphatic hydroxyl groups is 1. The van der Waals surface area contributed by atoms with Crippen LogP contribution in [0.5, 0.6) is 0 Å². The van der Waals surface area contributed by atoms with Crippen molar-refractivity contribution in [1.82, 2.24) is 16.0 Å². The molecule has 0 saturated carbocycles. The molecule has 3 unspecified atom stereocenters. The SMILES string of the molecule is CC(NC(=O)CNC(=O)C(CC(N)=O)NC(=O)C(N)CO)C(=O)O. The van der Waals surface area contributed by atoms with E-state index in [1.54, 1.807) is 0 Å². The highest BCUT2D eigenvalue weighted by Gasteiger charge is 2.25. The predicted molar refractivity (Wildman–Crippen MR) is 79.1 cm³/mol. The Morgan fingerprint density at radius 1 is 1.08 bits per heavy atom. The fraction of sp³-hybridized carbons (Fsp3) is 0.583. The Morgan fingerprint density at radius 2 is 1.67 bits per heavy atom. The van der Waals surface area contributed by atoms with E-state index >= 15 is 0 Å². The average Bonchev–Trinajstić information content (AvgIpc) is 2.50. The molecule has 0 radical (unpaired) electrons. The molecule has 0 aromatic heterocycles. The first kappa shape index (κ1) is 21.3. The van der Waals surface area contributed by atoms with Crippen LogP contribution in [0.1, 0.15) is 13.3 Å². The molecule has 0 aliphatic carbocycles. The van der Waals surface area contributed by atoms with E-state index in [1.165, 1.54) is 6.92 Å². The number of amides is 4. The summed E-state index contributed by atoms with van der Waals surface area (Å²) >= 11 is 0. The number of nitrogens with one attached hydrogen (secondary N) is 3. The van der Waals surface area contributed by atoms with Gasteiger partial charge in [-0.1, -0.05) is 0 Å². The average molecular weight is 347 g/mol. The van der Waals surface area contributed by atoms with Crippen LogP contribution in [0, 0.1) is 0 Å². The summed E-state index contributed by atoms with van der Waals surface area (Å²) in [6.07, 6.45) is -0.553. The zero-order valence-electron chi connectivity index (χ0n) is 12.9. The largest absolute Gasteiger partial charge is 0.480 e. The number of rotatable bonds is 10. The van der Waals surface area contributed by atoms with Crippen LogP contribution in [0.25, 0.3) is 0 Å². The number of primary amides is 1. The quantitative estimate of drug-likeness (QED) is 0.203. The third-order valence-electron chi connectivity index (χ3n) is 2.74. The van der Waals surface area contributed by atoms with Gasteiger partial charge < -0.3 is 37.6 Å². The Hall–Kier alpha value is -2.73. The molecule has 9 N–H and O–H groups in total. The van der Waals surface area contributed by atoms with Crippen molar-refractivity contribution in [1.29, 1.82) is 0 Å². The Balaban J connectivity index is 4.65. The highest BCUT2D eigenvalue weighted by molar-refractivity contribution is 5.95. The van der Waals surface area contributed by atoms with Gasteiger partial charge in [0.15, 0.2) is 0 Å². The number of nitrogens with two attached hydrogens (primary N) is 2. The topological polar surface area (TPSA) is 214 Å². The normalized spacial score (nSPS) is 14.0. The van der Waals surface area contributed by atoms with Gasteiger partial charge in [0.2, 0.25) is 23.6 Å². The van der Waals surface area contributed by atoms with E-state index < -0.39 is 67.3 Å². The Morgan fingerprint density at radius 3 is 2.12 bits per heavy atom. The molecule has 12 heteroatoms. The molecule has 0 fully saturated rings. The zero-order valence-corrected chi connectivity index (χ0v) is 12.9. The summed E-state index contributed by atoms with van der Waals surface area (Å²) in [5, 5.41) is 23.7. The monoisotopic (exact) mass is 347 g/mol. The van der Waals surface area contributed by atoms with Gasteiger partial charge in [-0.3, -0.25) is 24.0 Å². The van der Waals surface area contributed by atoms with E-state index in [9.17, 15) is 24.0 Å². The lowest BCUT2D eigenvalue weighted by Gasteiger charge is -2.19. The van der Waals surface area contributed by atoms with Gasteiger partial charge in [-0.15, -0.1) is 0 Å². The highest BCUT2D eigenvalue weighted by atomic mass is 16.4. The maximum atomic E-state index is 11.9. The molecule has 3 atom stereocenters. The van der Waals surface area contributed by atoms with Gasteiger partial charge in [-0.05, 0) is 6.92 Å². The van der Waals surface area contributed by atoms with Crippen LogP contribution < -0.4 is 27.4 Å². The molecular formula is C12H21N5O7. The van der Waals surface area contributed by atoms with E-state index in [0.29, 0.717) is 0 Å². The molecular weight excluding hydrogens is 326 g/mol. The minimum absolute atomic E-state index is 0.553. The number of carbonyl (C=O) groups excluding carboxylic acids is 4. The molecule has 0 aromatic rings. The second-order valence-corrected chi connectivity index (χ2v) is 4.87. The van der Waals surface area contributed by atoms with E-state index in [-0.39, 0.29) is 0 Å². The van der Waals surface area contributed by atoms with E-state index in [1.807, 2.05) is 0 Å². The van der Waals surface area contributed by atoms with Crippen LogP contribution in [-0.4, -0.2) is 71.1 Å². The predicted octanol–water partition coefficient (Wildman–Crippen LogP) is -4.63. The van der Waals surface area contributed by atoms with Crippen molar-refractivity contribution in [3.63, 3.8) is 0 Å². The first-order valence-corrected chi connectivity index (χ1v) is 6.83. The third-order valence-corrected chi connectivity index (χ3v) is 2.74. The maximum Gasteiger partial charge on any atom is 0.325 e. The lowest BCUT2D eigenvalue weighted by atomic mass is 10.1. The molecule has 0 aliphatic heterocycles. The molecule has 0 bridgehead atoms. The van der Waals surface area contributed by atoms with Crippen molar-refractivity contribution in [3.8, 4) is 0 Å². The summed E-state index contributed by atoms with van der Waals surface area (Å²) < 4.78 is 0. The first-order chi connectivity index (χ1) is 11.1. The van der Waals surface area contributed by atoms with Gasteiger partial charge in [-0.25, -0.2) is 0 Å².